The van der Waals surface area contributed by atoms with E-state index in [9.17, 15) is 25.2 Å². The molecule has 9 atom stereocenters. The van der Waals surface area contributed by atoms with Crippen molar-refractivity contribution in [1.29, 1.82) is 0 Å². The fourth-order valence-corrected chi connectivity index (χ4v) is 10.0. The van der Waals surface area contributed by atoms with E-state index in [1.807, 2.05) is 32.2 Å². The minimum Gasteiger partial charge on any atom is -0.396 e. The van der Waals surface area contributed by atoms with Gasteiger partial charge in [0.2, 0.25) is 0 Å². The standard InChI is InChI=1S/C44H62N2O5/c1-29-12-13-36(24-34-10-7-9-33(23-34)22-32(4)46-26-29)30(2)8-6-11-38(28-49)39-16-18-44(42(39)50)41-35(17-21-47)14-15-37(40(41)31(3)27-48)25-43(44,51)19-20-45-5/h6-12,14-15,23,27,32,35-37,39,41-42,45-47,49-51H,2,13,16-22,24-26,28H2,1,3-5H3. The van der Waals surface area contributed by atoms with E-state index < -0.39 is 17.1 Å². The molecular weight excluding hydrogens is 636 g/mol. The molecule has 1 spiro atoms. The van der Waals surface area contributed by atoms with Crippen LogP contribution in [0, 0.1) is 35.0 Å². The molecule has 1 aromatic rings. The van der Waals surface area contributed by atoms with E-state index in [1.165, 1.54) is 16.7 Å². The quantitative estimate of drug-likeness (QED) is 0.0775. The number of benzene rings is 1. The number of carbonyl (C=O) groups is 1. The maximum atomic E-state index is 12.7. The van der Waals surface area contributed by atoms with Crippen molar-refractivity contribution in [3.05, 3.63) is 106 Å². The van der Waals surface area contributed by atoms with Gasteiger partial charge in [-0.25, -0.2) is 0 Å². The molecule has 7 heteroatoms. The molecule has 2 saturated carbocycles. The normalized spacial score (nSPS) is 35.3. The highest BCUT2D eigenvalue weighted by Crippen LogP contribution is 2.67. The number of fused-ring (bicyclic) bond motifs is 5. The fourth-order valence-electron chi connectivity index (χ4n) is 10.0. The van der Waals surface area contributed by atoms with Gasteiger partial charge in [0.15, 0.2) is 0 Å². The van der Waals surface area contributed by atoms with Crippen molar-refractivity contribution in [1.82, 2.24) is 10.6 Å². The number of hydrogen-bond donors (Lipinski definition) is 6. The Labute approximate surface area is 306 Å². The summed E-state index contributed by atoms with van der Waals surface area (Å²) in [5, 5.41) is 53.0. The number of rotatable bonds is 11. The Morgan fingerprint density at radius 2 is 1.94 bits per heavy atom. The van der Waals surface area contributed by atoms with Gasteiger partial charge in [0, 0.05) is 36.4 Å². The van der Waals surface area contributed by atoms with Crippen LogP contribution in [-0.4, -0.2) is 77.8 Å². The molecular formula is C44H62N2O5. The van der Waals surface area contributed by atoms with E-state index in [4.69, 9.17) is 0 Å². The van der Waals surface area contributed by atoms with E-state index >= 15 is 0 Å². The summed E-state index contributed by atoms with van der Waals surface area (Å²) in [7, 11) is 1.87. The largest absolute Gasteiger partial charge is 0.396 e. The second kappa shape index (κ2) is 17.3. The Hall–Kier alpha value is -2.91. The zero-order chi connectivity index (χ0) is 36.8. The van der Waals surface area contributed by atoms with E-state index in [0.29, 0.717) is 50.3 Å². The van der Waals surface area contributed by atoms with Crippen LogP contribution in [0.2, 0.25) is 0 Å². The lowest BCUT2D eigenvalue weighted by Gasteiger charge is -2.61. The number of aldehydes is 1. The summed E-state index contributed by atoms with van der Waals surface area (Å²) in [4.78, 5) is 12.3. The number of aliphatic hydroxyl groups is 4. The molecule has 6 N–H and O–H groups in total. The van der Waals surface area contributed by atoms with Gasteiger partial charge < -0.3 is 31.1 Å². The molecule has 51 heavy (non-hydrogen) atoms. The lowest BCUT2D eigenvalue weighted by atomic mass is 9.45. The van der Waals surface area contributed by atoms with Crippen LogP contribution in [0.3, 0.4) is 0 Å². The molecule has 0 radical (unpaired) electrons. The van der Waals surface area contributed by atoms with E-state index in [1.54, 1.807) is 0 Å². The summed E-state index contributed by atoms with van der Waals surface area (Å²) < 4.78 is 0. The molecule has 1 aromatic carbocycles. The molecule has 4 bridgehead atoms. The highest BCUT2D eigenvalue weighted by atomic mass is 16.3. The van der Waals surface area contributed by atoms with Gasteiger partial charge in [-0.05, 0) is 126 Å². The van der Waals surface area contributed by atoms with Gasteiger partial charge in [0.25, 0.3) is 0 Å². The van der Waals surface area contributed by atoms with Crippen LogP contribution in [0.5, 0.6) is 0 Å². The van der Waals surface area contributed by atoms with Gasteiger partial charge >= 0.3 is 0 Å². The lowest BCUT2D eigenvalue weighted by Crippen LogP contribution is -2.65. The summed E-state index contributed by atoms with van der Waals surface area (Å²) in [5.41, 5.74) is 5.17. The van der Waals surface area contributed by atoms with Crippen molar-refractivity contribution in [3.8, 4) is 0 Å². The number of allylic oxidation sites excluding steroid dienone is 9. The number of nitrogens with one attached hydrogen (secondary N) is 2. The third-order valence-electron chi connectivity index (χ3n) is 12.7. The molecule has 0 amide bonds. The average molecular weight is 699 g/mol. The van der Waals surface area contributed by atoms with Gasteiger partial charge in [0.1, 0.15) is 6.29 Å². The van der Waals surface area contributed by atoms with Crippen LogP contribution in [0.25, 0.3) is 0 Å². The van der Waals surface area contributed by atoms with Gasteiger partial charge in [-0.1, -0.05) is 84.0 Å². The average Bonchev–Trinajstić information content (AvgIpc) is 3.46. The SMILES string of the molecule is C=C(C=CC=C(CO)C1CCC2(C1O)C1C(=C(C)C=O)C(C=CC1CCO)CC2(O)CCNC)C1CC=C(C)CNC(C)Cc2cccc(c2)C1. The monoisotopic (exact) mass is 698 g/mol. The Balaban J connectivity index is 1.45. The summed E-state index contributed by atoms with van der Waals surface area (Å²) in [5.74, 6) is -0.688. The van der Waals surface area contributed by atoms with Crippen LogP contribution in [0.1, 0.15) is 70.4 Å². The minimum atomic E-state index is -1.21. The molecule has 9 unspecified atom stereocenters. The van der Waals surface area contributed by atoms with Crippen molar-refractivity contribution >= 4 is 6.29 Å². The predicted octanol–water partition coefficient (Wildman–Crippen LogP) is 5.56. The number of hydrogen-bond acceptors (Lipinski definition) is 7. The van der Waals surface area contributed by atoms with Gasteiger partial charge in [-0.2, -0.15) is 0 Å². The first kappa shape index (κ1) is 39.3. The van der Waals surface area contributed by atoms with Crippen LogP contribution in [0.4, 0.5) is 0 Å². The third kappa shape index (κ3) is 8.19. The molecule has 1 heterocycles. The molecule has 0 aromatic heterocycles. The molecule has 5 rings (SSSR count). The van der Waals surface area contributed by atoms with E-state index in [2.05, 4.69) is 73.6 Å². The van der Waals surface area contributed by atoms with Gasteiger partial charge in [-0.3, -0.25) is 4.79 Å². The van der Waals surface area contributed by atoms with Crippen LogP contribution >= 0.6 is 0 Å². The first-order chi connectivity index (χ1) is 24.5. The lowest BCUT2D eigenvalue weighted by molar-refractivity contribution is -0.194. The van der Waals surface area contributed by atoms with Gasteiger partial charge in [0.05, 0.1) is 18.3 Å². The van der Waals surface area contributed by atoms with Crippen molar-refractivity contribution in [3.63, 3.8) is 0 Å². The smallest absolute Gasteiger partial charge is 0.145 e. The molecule has 1 aliphatic heterocycles. The highest BCUT2D eigenvalue weighted by molar-refractivity contribution is 5.74. The zero-order valence-corrected chi connectivity index (χ0v) is 31.3. The summed E-state index contributed by atoms with van der Waals surface area (Å²) in [6.07, 6.45) is 17.7. The maximum Gasteiger partial charge on any atom is 0.145 e. The zero-order valence-electron chi connectivity index (χ0n) is 31.3. The van der Waals surface area contributed by atoms with E-state index in [-0.39, 0.29) is 42.8 Å². The first-order valence-electron chi connectivity index (χ1n) is 19.2. The minimum absolute atomic E-state index is 0.0253. The van der Waals surface area contributed by atoms with Crippen molar-refractivity contribution < 1.29 is 25.2 Å². The molecule has 278 valence electrons. The predicted molar refractivity (Wildman–Crippen MR) is 206 cm³/mol. The van der Waals surface area contributed by atoms with Crippen molar-refractivity contribution in [2.75, 3.05) is 33.4 Å². The molecule has 4 aliphatic rings. The molecule has 7 nitrogen and oxygen atoms in total. The van der Waals surface area contributed by atoms with Crippen molar-refractivity contribution in [2.45, 2.75) is 89.9 Å². The Morgan fingerprint density at radius 1 is 1.18 bits per heavy atom. The molecule has 2 fully saturated rings. The Bertz CT molecular complexity index is 1560. The Kier molecular flexibility index (Phi) is 13.3. The van der Waals surface area contributed by atoms with Crippen LogP contribution in [0.15, 0.2) is 95.2 Å². The second-order valence-electron chi connectivity index (χ2n) is 15.9. The third-order valence-corrected chi connectivity index (χ3v) is 12.7. The Morgan fingerprint density at radius 3 is 2.65 bits per heavy atom. The van der Waals surface area contributed by atoms with Crippen LogP contribution in [-0.2, 0) is 17.6 Å². The van der Waals surface area contributed by atoms with Crippen molar-refractivity contribution in [2.24, 2.45) is 35.0 Å². The second-order valence-corrected chi connectivity index (χ2v) is 15.9. The summed E-state index contributed by atoms with van der Waals surface area (Å²) in [6, 6.07) is 9.27. The van der Waals surface area contributed by atoms with Crippen LogP contribution < -0.4 is 10.6 Å². The summed E-state index contributed by atoms with van der Waals surface area (Å²) in [6.45, 7) is 12.0. The molecule has 0 saturated heterocycles. The summed E-state index contributed by atoms with van der Waals surface area (Å²) >= 11 is 0. The maximum absolute atomic E-state index is 12.7. The first-order valence-corrected chi connectivity index (χ1v) is 19.2. The topological polar surface area (TPSA) is 122 Å². The number of aliphatic hydroxyl groups excluding tert-OH is 3. The molecule has 3 aliphatic carbocycles. The number of carbonyl (C=O) groups excluding carboxylic acids is 1. The highest BCUT2D eigenvalue weighted by Gasteiger charge is 2.68. The fraction of sp³-hybridized carbons (Fsp3) is 0.568. The van der Waals surface area contributed by atoms with Gasteiger partial charge in [-0.15, -0.1) is 0 Å². The van der Waals surface area contributed by atoms with E-state index in [0.717, 1.165) is 48.8 Å².